The molecule has 1 aliphatic heterocycles. The van der Waals surface area contributed by atoms with E-state index >= 15 is 0 Å². The van der Waals surface area contributed by atoms with Crippen LogP contribution in [0.2, 0.25) is 0 Å². The largest absolute Gasteiger partial charge is 0.352 e. The summed E-state index contributed by atoms with van der Waals surface area (Å²) in [5.74, 6) is 0.105. The number of amides is 2. The fourth-order valence-corrected chi connectivity index (χ4v) is 4.84. The van der Waals surface area contributed by atoms with Crippen molar-refractivity contribution in [2.45, 2.75) is 59.4 Å². The molecule has 0 saturated carbocycles. The Kier molecular flexibility index (Phi) is 6.50. The van der Waals surface area contributed by atoms with Gasteiger partial charge in [-0.1, -0.05) is 30.7 Å². The van der Waals surface area contributed by atoms with Crippen molar-refractivity contribution in [3.05, 3.63) is 39.9 Å². The van der Waals surface area contributed by atoms with Crippen LogP contribution in [0.1, 0.15) is 59.1 Å². The molecule has 1 N–H and O–H groups in total. The van der Waals surface area contributed by atoms with Crippen LogP contribution in [0.3, 0.4) is 0 Å². The maximum absolute atomic E-state index is 13.1. The average Bonchev–Trinajstić information content (AvgIpc) is 3.02. The van der Waals surface area contributed by atoms with Gasteiger partial charge in [-0.05, 0) is 45.6 Å². The number of aryl methyl sites for hydroxylation is 3. The minimum absolute atomic E-state index is 0.0282. The van der Waals surface area contributed by atoms with Crippen LogP contribution >= 0.6 is 11.3 Å². The van der Waals surface area contributed by atoms with Crippen molar-refractivity contribution in [2.24, 2.45) is 0 Å². The van der Waals surface area contributed by atoms with Crippen LogP contribution < -0.4 is 5.32 Å². The van der Waals surface area contributed by atoms with E-state index in [1.807, 2.05) is 18.7 Å². The van der Waals surface area contributed by atoms with E-state index in [9.17, 15) is 9.59 Å². The number of nitrogens with one attached hydrogen (secondary N) is 1. The summed E-state index contributed by atoms with van der Waals surface area (Å²) in [6, 6.07) is 6.34. The van der Waals surface area contributed by atoms with Crippen molar-refractivity contribution in [2.75, 3.05) is 13.1 Å². The van der Waals surface area contributed by atoms with Crippen molar-refractivity contribution in [3.63, 3.8) is 0 Å². The zero-order chi connectivity index (χ0) is 20.3. The van der Waals surface area contributed by atoms with E-state index in [0.717, 1.165) is 42.1 Å². The number of carbonyl (C=O) groups is 2. The monoisotopic (exact) mass is 399 g/mol. The van der Waals surface area contributed by atoms with Gasteiger partial charge in [0.1, 0.15) is 9.88 Å². The predicted molar refractivity (Wildman–Crippen MR) is 114 cm³/mol. The molecule has 2 heterocycles. The van der Waals surface area contributed by atoms with E-state index in [4.69, 9.17) is 0 Å². The SMILES string of the molecule is CCCC(=O)N[C@H]1CCCN(C(=O)c2sc(-c3ccc(C)cc3C)nc2C)C1. The minimum Gasteiger partial charge on any atom is -0.352 e. The highest BCUT2D eigenvalue weighted by Gasteiger charge is 2.28. The van der Waals surface area contributed by atoms with Gasteiger partial charge in [-0.3, -0.25) is 9.59 Å². The first-order valence-corrected chi connectivity index (χ1v) is 10.8. The van der Waals surface area contributed by atoms with Crippen molar-refractivity contribution in [1.29, 1.82) is 0 Å². The summed E-state index contributed by atoms with van der Waals surface area (Å²) in [6.45, 7) is 9.36. The summed E-state index contributed by atoms with van der Waals surface area (Å²) in [6.07, 6.45) is 3.21. The summed E-state index contributed by atoms with van der Waals surface area (Å²) >= 11 is 1.47. The van der Waals surface area contributed by atoms with Crippen molar-refractivity contribution in [3.8, 4) is 10.6 Å². The van der Waals surface area contributed by atoms with E-state index in [-0.39, 0.29) is 17.9 Å². The number of benzene rings is 1. The minimum atomic E-state index is 0.0282. The second kappa shape index (κ2) is 8.86. The van der Waals surface area contributed by atoms with E-state index < -0.39 is 0 Å². The van der Waals surface area contributed by atoms with Crippen LogP contribution in [0.4, 0.5) is 0 Å². The Labute approximate surface area is 171 Å². The zero-order valence-corrected chi connectivity index (χ0v) is 18.0. The number of nitrogens with zero attached hydrogens (tertiary/aromatic N) is 2. The Bertz CT molecular complexity index is 875. The van der Waals surface area contributed by atoms with Crippen LogP contribution in [-0.4, -0.2) is 40.8 Å². The Hall–Kier alpha value is -2.21. The van der Waals surface area contributed by atoms with Gasteiger partial charge >= 0.3 is 0 Å². The topological polar surface area (TPSA) is 62.3 Å². The summed E-state index contributed by atoms with van der Waals surface area (Å²) in [7, 11) is 0. The average molecular weight is 400 g/mol. The number of aromatic nitrogens is 1. The van der Waals surface area contributed by atoms with Gasteiger partial charge in [-0.2, -0.15) is 0 Å². The molecule has 6 heteroatoms. The van der Waals surface area contributed by atoms with Gasteiger partial charge < -0.3 is 10.2 Å². The molecule has 1 aliphatic rings. The molecular formula is C22H29N3O2S. The Balaban J connectivity index is 1.75. The summed E-state index contributed by atoms with van der Waals surface area (Å²) in [4.78, 5) is 32.3. The number of piperidine rings is 1. The molecule has 1 fully saturated rings. The van der Waals surface area contributed by atoms with Gasteiger partial charge in [0.15, 0.2) is 0 Å². The molecule has 0 spiro atoms. The summed E-state index contributed by atoms with van der Waals surface area (Å²) in [5, 5.41) is 3.96. The molecule has 2 amide bonds. The zero-order valence-electron chi connectivity index (χ0n) is 17.2. The van der Waals surface area contributed by atoms with Gasteiger partial charge in [-0.25, -0.2) is 4.98 Å². The van der Waals surface area contributed by atoms with Crippen LogP contribution in [0.15, 0.2) is 18.2 Å². The third kappa shape index (κ3) is 4.61. The number of thiazole rings is 1. The quantitative estimate of drug-likeness (QED) is 0.817. The van der Waals surface area contributed by atoms with E-state index in [1.54, 1.807) is 0 Å². The lowest BCUT2D eigenvalue weighted by Crippen LogP contribution is -2.49. The Morgan fingerprint density at radius 2 is 2.07 bits per heavy atom. The molecule has 1 atom stereocenters. The second-order valence-corrected chi connectivity index (χ2v) is 8.66. The van der Waals surface area contributed by atoms with Gasteiger partial charge in [-0.15, -0.1) is 11.3 Å². The Morgan fingerprint density at radius 3 is 2.79 bits per heavy atom. The van der Waals surface area contributed by atoms with Crippen LogP contribution in [0, 0.1) is 20.8 Å². The lowest BCUT2D eigenvalue weighted by Gasteiger charge is -2.33. The number of hydrogen-bond donors (Lipinski definition) is 1. The highest BCUT2D eigenvalue weighted by atomic mass is 32.1. The molecule has 2 aromatic rings. The number of likely N-dealkylation sites (tertiary alicyclic amines) is 1. The summed E-state index contributed by atoms with van der Waals surface area (Å²) < 4.78 is 0. The van der Waals surface area contributed by atoms with E-state index in [0.29, 0.717) is 17.8 Å². The molecule has 0 aliphatic carbocycles. The van der Waals surface area contributed by atoms with Crippen molar-refractivity contribution >= 4 is 23.2 Å². The van der Waals surface area contributed by atoms with Crippen molar-refractivity contribution in [1.82, 2.24) is 15.2 Å². The molecule has 28 heavy (non-hydrogen) atoms. The molecule has 150 valence electrons. The van der Waals surface area contributed by atoms with Gasteiger partial charge in [0.05, 0.1) is 5.69 Å². The third-order valence-corrected chi connectivity index (χ3v) is 6.33. The number of hydrogen-bond acceptors (Lipinski definition) is 4. The van der Waals surface area contributed by atoms with Crippen LogP contribution in [-0.2, 0) is 4.79 Å². The third-order valence-electron chi connectivity index (χ3n) is 5.15. The molecule has 5 nitrogen and oxygen atoms in total. The lowest BCUT2D eigenvalue weighted by molar-refractivity contribution is -0.122. The molecule has 0 bridgehead atoms. The first-order valence-electron chi connectivity index (χ1n) is 10.0. The second-order valence-electron chi connectivity index (χ2n) is 7.66. The molecule has 1 aromatic carbocycles. The fourth-order valence-electron chi connectivity index (χ4n) is 3.71. The maximum Gasteiger partial charge on any atom is 0.265 e. The first-order chi connectivity index (χ1) is 13.4. The highest BCUT2D eigenvalue weighted by molar-refractivity contribution is 7.17. The standard InChI is InChI=1S/C22H29N3O2S/c1-5-7-19(26)24-17-8-6-11-25(13-17)22(27)20-16(4)23-21(28-20)18-10-9-14(2)12-15(18)3/h9-10,12,17H,5-8,11,13H2,1-4H3,(H,24,26)/t17-/m0/s1. The molecule has 1 saturated heterocycles. The number of carbonyl (C=O) groups excluding carboxylic acids is 2. The molecular weight excluding hydrogens is 370 g/mol. The lowest BCUT2D eigenvalue weighted by atomic mass is 10.0. The van der Waals surface area contributed by atoms with E-state index in [1.165, 1.54) is 22.5 Å². The summed E-state index contributed by atoms with van der Waals surface area (Å²) in [5.41, 5.74) is 4.25. The Morgan fingerprint density at radius 1 is 1.29 bits per heavy atom. The smallest absolute Gasteiger partial charge is 0.265 e. The predicted octanol–water partition coefficient (Wildman–Crippen LogP) is 4.26. The van der Waals surface area contributed by atoms with Crippen LogP contribution in [0.25, 0.3) is 10.6 Å². The number of rotatable bonds is 5. The fraction of sp³-hybridized carbons (Fsp3) is 0.500. The molecule has 1 aromatic heterocycles. The molecule has 3 rings (SSSR count). The maximum atomic E-state index is 13.1. The van der Waals surface area contributed by atoms with E-state index in [2.05, 4.69) is 42.3 Å². The van der Waals surface area contributed by atoms with Gasteiger partial charge in [0.2, 0.25) is 5.91 Å². The normalized spacial score (nSPS) is 16.9. The highest BCUT2D eigenvalue weighted by Crippen LogP contribution is 2.31. The van der Waals surface area contributed by atoms with Gasteiger partial charge in [0, 0.05) is 31.1 Å². The van der Waals surface area contributed by atoms with Crippen LogP contribution in [0.5, 0.6) is 0 Å². The first kappa shape index (κ1) is 20.5. The molecule has 0 radical (unpaired) electrons. The van der Waals surface area contributed by atoms with Gasteiger partial charge in [0.25, 0.3) is 5.91 Å². The molecule has 0 unspecified atom stereocenters. The van der Waals surface area contributed by atoms with Crippen molar-refractivity contribution < 1.29 is 9.59 Å².